The van der Waals surface area contributed by atoms with Crippen molar-refractivity contribution in [3.63, 3.8) is 0 Å². The molecule has 5 heteroatoms. The zero-order valence-corrected chi connectivity index (χ0v) is 13.3. The molecule has 4 nitrogen and oxygen atoms in total. The van der Waals surface area contributed by atoms with E-state index in [4.69, 9.17) is 15.8 Å². The third-order valence-electron chi connectivity index (χ3n) is 4.51. The van der Waals surface area contributed by atoms with Crippen LogP contribution in [-0.4, -0.2) is 47.7 Å². The van der Waals surface area contributed by atoms with Gasteiger partial charge in [-0.3, -0.25) is 0 Å². The van der Waals surface area contributed by atoms with Gasteiger partial charge in [0.25, 0.3) is 0 Å². The maximum absolute atomic E-state index is 8.80. The molecule has 1 heterocycles. The molecule has 1 unspecified atom stereocenters. The molecule has 0 bridgehead atoms. The van der Waals surface area contributed by atoms with Crippen molar-refractivity contribution in [2.45, 2.75) is 64.7 Å². The Kier molecular flexibility index (Phi) is 8.77. The lowest BCUT2D eigenvalue weighted by Crippen LogP contribution is -2.41. The predicted molar refractivity (Wildman–Crippen MR) is 85.4 cm³/mol. The Morgan fingerprint density at radius 2 is 1.80 bits per heavy atom. The van der Waals surface area contributed by atoms with Gasteiger partial charge in [-0.2, -0.15) is 0 Å². The minimum absolute atomic E-state index is 0.290. The van der Waals surface area contributed by atoms with Crippen molar-refractivity contribution in [3.8, 4) is 0 Å². The Morgan fingerprint density at radius 1 is 1.15 bits per heavy atom. The number of likely N-dealkylation sites (tertiary alicyclic amines) is 1. The minimum atomic E-state index is -1.16. The number of hydrogen-bond donors (Lipinski definition) is 3. The molecule has 0 aromatic rings. The van der Waals surface area contributed by atoms with Crippen LogP contribution in [0, 0.1) is 11.8 Å². The van der Waals surface area contributed by atoms with Gasteiger partial charge in [0.15, 0.2) is 0 Å². The van der Waals surface area contributed by atoms with Crippen LogP contribution in [0.3, 0.4) is 0 Å². The monoisotopic (exact) mass is 284 g/mol. The second-order valence-corrected chi connectivity index (χ2v) is 6.79. The summed E-state index contributed by atoms with van der Waals surface area (Å²) < 4.78 is 0. The highest BCUT2D eigenvalue weighted by atomic mass is 16.4. The van der Waals surface area contributed by atoms with Gasteiger partial charge < -0.3 is 20.7 Å². The maximum Gasteiger partial charge on any atom is 0.451 e. The van der Waals surface area contributed by atoms with E-state index < -0.39 is 7.12 Å². The van der Waals surface area contributed by atoms with Crippen molar-refractivity contribution < 1.29 is 10.0 Å². The molecule has 20 heavy (non-hydrogen) atoms. The molecule has 0 aromatic carbocycles. The number of nitrogens with two attached hydrogens (primary N) is 1. The lowest BCUT2D eigenvalue weighted by atomic mass is 9.82. The fraction of sp³-hybridized carbons (Fsp3) is 1.00. The van der Waals surface area contributed by atoms with Crippen LogP contribution < -0.4 is 5.73 Å². The second kappa shape index (κ2) is 9.77. The molecule has 4 N–H and O–H groups in total. The van der Waals surface area contributed by atoms with E-state index in [1.807, 2.05) is 0 Å². The van der Waals surface area contributed by atoms with E-state index in [2.05, 4.69) is 18.7 Å². The lowest BCUT2D eigenvalue weighted by molar-refractivity contribution is 0.159. The quantitative estimate of drug-likeness (QED) is 0.445. The van der Waals surface area contributed by atoms with Crippen molar-refractivity contribution in [3.05, 3.63) is 0 Å². The van der Waals surface area contributed by atoms with Crippen LogP contribution in [0.2, 0.25) is 6.32 Å². The van der Waals surface area contributed by atoms with Crippen molar-refractivity contribution in [2.24, 2.45) is 17.6 Å². The Hall–Kier alpha value is -0.0951. The molecule has 0 radical (unpaired) electrons. The molecular formula is C15H33BN2O2. The summed E-state index contributed by atoms with van der Waals surface area (Å²) >= 11 is 0. The predicted octanol–water partition coefficient (Wildman–Crippen LogP) is 1.71. The van der Waals surface area contributed by atoms with Gasteiger partial charge >= 0.3 is 7.12 Å². The van der Waals surface area contributed by atoms with Gasteiger partial charge in [-0.1, -0.05) is 26.7 Å². The van der Waals surface area contributed by atoms with E-state index in [1.165, 1.54) is 38.9 Å². The number of unbranched alkanes of at least 4 members (excludes halogenated alkanes) is 1. The number of piperidine rings is 1. The molecule has 1 atom stereocenters. The largest absolute Gasteiger partial charge is 0.451 e. The number of hydrogen-bond acceptors (Lipinski definition) is 4. The maximum atomic E-state index is 8.80. The van der Waals surface area contributed by atoms with Gasteiger partial charge in [-0.05, 0) is 63.5 Å². The average molecular weight is 284 g/mol. The van der Waals surface area contributed by atoms with E-state index in [0.29, 0.717) is 12.2 Å². The second-order valence-electron chi connectivity index (χ2n) is 6.79. The Morgan fingerprint density at radius 3 is 2.35 bits per heavy atom. The van der Waals surface area contributed by atoms with Crippen LogP contribution in [0.1, 0.15) is 52.4 Å². The zero-order valence-electron chi connectivity index (χ0n) is 13.3. The fourth-order valence-electron chi connectivity index (χ4n) is 2.99. The molecular weight excluding hydrogens is 251 g/mol. The van der Waals surface area contributed by atoms with Crippen molar-refractivity contribution >= 4 is 7.12 Å². The van der Waals surface area contributed by atoms with Crippen LogP contribution in [0.15, 0.2) is 0 Å². The lowest BCUT2D eigenvalue weighted by Gasteiger charge is -2.35. The summed E-state index contributed by atoms with van der Waals surface area (Å²) in [5, 5.41) is 17.6. The van der Waals surface area contributed by atoms with Gasteiger partial charge in [0.1, 0.15) is 0 Å². The van der Waals surface area contributed by atoms with Gasteiger partial charge in [0, 0.05) is 6.04 Å². The van der Waals surface area contributed by atoms with E-state index in [0.717, 1.165) is 25.2 Å². The first-order valence-electron chi connectivity index (χ1n) is 8.33. The van der Waals surface area contributed by atoms with Gasteiger partial charge in [-0.15, -0.1) is 0 Å². The Bertz CT molecular complexity index is 244. The summed E-state index contributed by atoms with van der Waals surface area (Å²) in [6.45, 7) is 8.19. The third-order valence-corrected chi connectivity index (χ3v) is 4.51. The molecule has 0 spiro atoms. The molecule has 1 rings (SSSR count). The van der Waals surface area contributed by atoms with E-state index >= 15 is 0 Å². The standard InChI is InChI=1S/C15H33BN2O2/c1-13(2)6-10-18-11-7-14(8-12-18)15(17)5-3-4-9-16(19)20/h13-15,19-20H,3-12,17H2,1-2H3. The van der Waals surface area contributed by atoms with E-state index in [9.17, 15) is 0 Å². The molecule has 1 saturated heterocycles. The molecule has 1 aliphatic heterocycles. The molecule has 1 aliphatic rings. The molecule has 0 aliphatic carbocycles. The summed E-state index contributed by atoms with van der Waals surface area (Å²) in [4.78, 5) is 2.57. The Balaban J connectivity index is 2.10. The van der Waals surface area contributed by atoms with Crippen LogP contribution in [0.25, 0.3) is 0 Å². The smallest absolute Gasteiger partial charge is 0.427 e. The fourth-order valence-corrected chi connectivity index (χ4v) is 2.99. The highest BCUT2D eigenvalue weighted by Crippen LogP contribution is 2.23. The minimum Gasteiger partial charge on any atom is -0.427 e. The molecule has 0 aromatic heterocycles. The van der Waals surface area contributed by atoms with E-state index in [-0.39, 0.29) is 6.04 Å². The van der Waals surface area contributed by atoms with Crippen molar-refractivity contribution in [1.29, 1.82) is 0 Å². The first-order valence-corrected chi connectivity index (χ1v) is 8.33. The number of nitrogens with zero attached hydrogens (tertiary/aromatic N) is 1. The average Bonchev–Trinajstić information content (AvgIpc) is 2.41. The summed E-state index contributed by atoms with van der Waals surface area (Å²) in [6.07, 6.45) is 7.10. The molecule has 0 saturated carbocycles. The molecule has 1 fully saturated rings. The molecule has 118 valence electrons. The van der Waals surface area contributed by atoms with Crippen molar-refractivity contribution in [2.75, 3.05) is 19.6 Å². The highest BCUT2D eigenvalue weighted by Gasteiger charge is 2.23. The molecule has 0 amide bonds. The summed E-state index contributed by atoms with van der Waals surface area (Å²) in [5.74, 6) is 1.45. The van der Waals surface area contributed by atoms with Crippen molar-refractivity contribution in [1.82, 2.24) is 4.90 Å². The first-order chi connectivity index (χ1) is 9.49. The van der Waals surface area contributed by atoms with Crippen LogP contribution in [0.5, 0.6) is 0 Å². The van der Waals surface area contributed by atoms with Crippen LogP contribution in [0.4, 0.5) is 0 Å². The third kappa shape index (κ3) is 7.62. The first kappa shape index (κ1) is 18.0. The zero-order chi connectivity index (χ0) is 15.0. The van der Waals surface area contributed by atoms with Gasteiger partial charge in [0.05, 0.1) is 0 Å². The van der Waals surface area contributed by atoms with Gasteiger partial charge in [0.2, 0.25) is 0 Å². The normalized spacial score (nSPS) is 19.5. The number of rotatable bonds is 9. The highest BCUT2D eigenvalue weighted by molar-refractivity contribution is 6.40. The topological polar surface area (TPSA) is 69.7 Å². The van der Waals surface area contributed by atoms with E-state index in [1.54, 1.807) is 0 Å². The van der Waals surface area contributed by atoms with Gasteiger partial charge in [-0.25, -0.2) is 0 Å². The Labute approximate surface area is 124 Å². The summed E-state index contributed by atoms with van der Waals surface area (Å²) in [7, 11) is -1.16. The summed E-state index contributed by atoms with van der Waals surface area (Å²) in [6, 6.07) is 0.290. The SMILES string of the molecule is CC(C)CCN1CCC(C(N)CCCCB(O)O)CC1. The van der Waals surface area contributed by atoms with Crippen LogP contribution in [-0.2, 0) is 0 Å². The summed E-state index contributed by atoms with van der Waals surface area (Å²) in [5.41, 5.74) is 6.29. The van der Waals surface area contributed by atoms with Crippen LogP contribution >= 0.6 is 0 Å².